The van der Waals surface area contributed by atoms with Gasteiger partial charge in [-0.1, -0.05) is 24.8 Å². The van der Waals surface area contributed by atoms with Crippen molar-refractivity contribution in [3.05, 3.63) is 52.2 Å². The Morgan fingerprint density at radius 3 is 2.90 bits per heavy atom. The van der Waals surface area contributed by atoms with Crippen LogP contribution in [0.15, 0.2) is 40.5 Å². The van der Waals surface area contributed by atoms with E-state index in [9.17, 15) is 4.79 Å². The van der Waals surface area contributed by atoms with Crippen molar-refractivity contribution in [1.82, 2.24) is 15.0 Å². The third-order valence-electron chi connectivity index (χ3n) is 2.96. The van der Waals surface area contributed by atoms with Gasteiger partial charge in [0.25, 0.3) is 5.56 Å². The van der Waals surface area contributed by atoms with Crippen LogP contribution in [0.3, 0.4) is 0 Å². The van der Waals surface area contributed by atoms with Gasteiger partial charge in [0.15, 0.2) is 5.16 Å². The van der Waals surface area contributed by atoms with Gasteiger partial charge < -0.3 is 10.7 Å². The number of thioether (sulfide) groups is 1. The third-order valence-corrected chi connectivity index (χ3v) is 4.25. The Morgan fingerprint density at radius 1 is 1.50 bits per heavy atom. The first-order valence-corrected chi connectivity index (χ1v) is 7.38. The Balaban J connectivity index is 2.31. The number of aromatic amines is 1. The lowest BCUT2D eigenvalue weighted by Gasteiger charge is -2.21. The van der Waals surface area contributed by atoms with Crippen LogP contribution in [0.25, 0.3) is 0 Å². The molecule has 0 aliphatic rings. The van der Waals surface area contributed by atoms with E-state index in [1.54, 1.807) is 19.3 Å². The number of hydrogen-bond acceptors (Lipinski definition) is 5. The summed E-state index contributed by atoms with van der Waals surface area (Å²) in [4.78, 5) is 22.7. The number of nitrogens with one attached hydrogen (secondary N) is 1. The second-order valence-corrected chi connectivity index (χ2v) is 5.72. The van der Waals surface area contributed by atoms with Gasteiger partial charge in [0, 0.05) is 30.2 Å². The third kappa shape index (κ3) is 3.68. The maximum absolute atomic E-state index is 11.5. The summed E-state index contributed by atoms with van der Waals surface area (Å²) in [5.41, 5.74) is 7.80. The lowest BCUT2D eigenvalue weighted by atomic mass is 10.1. The van der Waals surface area contributed by atoms with Gasteiger partial charge in [0.1, 0.15) is 0 Å². The zero-order valence-corrected chi connectivity index (χ0v) is 12.4. The summed E-state index contributed by atoms with van der Waals surface area (Å²) >= 11 is 1.47. The predicted octanol–water partition coefficient (Wildman–Crippen LogP) is 2.04. The van der Waals surface area contributed by atoms with Crippen LogP contribution in [0.4, 0.5) is 0 Å². The first-order valence-electron chi connectivity index (χ1n) is 6.50. The highest BCUT2D eigenvalue weighted by Gasteiger charge is 2.21. The first-order chi connectivity index (χ1) is 9.60. The number of nitrogens with two attached hydrogens (primary N) is 1. The van der Waals surface area contributed by atoms with Crippen molar-refractivity contribution in [3.8, 4) is 0 Å². The lowest BCUT2D eigenvalue weighted by molar-refractivity contribution is 0.631. The predicted molar refractivity (Wildman–Crippen MR) is 80.7 cm³/mol. The van der Waals surface area contributed by atoms with Crippen molar-refractivity contribution in [2.75, 3.05) is 0 Å². The summed E-state index contributed by atoms with van der Waals surface area (Å²) in [7, 11) is 0. The number of aryl methyl sites for hydroxylation is 1. The molecule has 0 saturated heterocycles. The zero-order valence-electron chi connectivity index (χ0n) is 11.5. The molecule has 3 N–H and O–H groups in total. The van der Waals surface area contributed by atoms with Gasteiger partial charge in [-0.2, -0.15) is 0 Å². The number of hydrogen-bond donors (Lipinski definition) is 2. The van der Waals surface area contributed by atoms with Crippen molar-refractivity contribution in [1.29, 1.82) is 0 Å². The van der Waals surface area contributed by atoms with Crippen molar-refractivity contribution < 1.29 is 0 Å². The second-order valence-electron chi connectivity index (χ2n) is 4.59. The van der Waals surface area contributed by atoms with Crippen LogP contribution in [0.1, 0.15) is 29.9 Å². The van der Waals surface area contributed by atoms with Crippen molar-refractivity contribution >= 4 is 11.8 Å². The van der Waals surface area contributed by atoms with Gasteiger partial charge in [-0.15, -0.1) is 0 Å². The maximum atomic E-state index is 11.5. The van der Waals surface area contributed by atoms with Crippen molar-refractivity contribution in [2.24, 2.45) is 5.73 Å². The highest BCUT2D eigenvalue weighted by molar-refractivity contribution is 7.99. The molecule has 20 heavy (non-hydrogen) atoms. The molecule has 0 aromatic carbocycles. The van der Waals surface area contributed by atoms with E-state index in [4.69, 9.17) is 5.73 Å². The fraction of sp³-hybridized carbons (Fsp3) is 0.357. The highest BCUT2D eigenvalue weighted by atomic mass is 32.2. The Morgan fingerprint density at radius 2 is 2.30 bits per heavy atom. The number of pyridine rings is 1. The zero-order chi connectivity index (χ0) is 14.5. The van der Waals surface area contributed by atoms with Crippen LogP contribution in [0.5, 0.6) is 0 Å². The average Bonchev–Trinajstić information content (AvgIpc) is 2.44. The number of nitrogens with zero attached hydrogens (tertiary/aromatic N) is 2. The molecule has 2 heterocycles. The normalized spacial score (nSPS) is 13.9. The van der Waals surface area contributed by atoms with Crippen LogP contribution < -0.4 is 11.3 Å². The van der Waals surface area contributed by atoms with Crippen LogP contribution in [0.2, 0.25) is 0 Å². The minimum absolute atomic E-state index is 0.0126. The monoisotopic (exact) mass is 290 g/mol. The summed E-state index contributed by atoms with van der Waals surface area (Å²) in [6.45, 7) is 3.85. The molecule has 0 saturated carbocycles. The molecular formula is C14H18N4OS. The molecule has 0 bridgehead atoms. The Bertz CT molecular complexity index is 614. The average molecular weight is 290 g/mol. The largest absolute Gasteiger partial charge is 0.326 e. The topological polar surface area (TPSA) is 84.7 Å². The van der Waals surface area contributed by atoms with Crippen molar-refractivity contribution in [2.45, 2.75) is 36.7 Å². The Labute approximate surface area is 122 Å². The van der Waals surface area contributed by atoms with Crippen LogP contribution >= 0.6 is 11.8 Å². The minimum Gasteiger partial charge on any atom is -0.326 e. The quantitative estimate of drug-likeness (QED) is 0.650. The molecule has 6 heteroatoms. The van der Waals surface area contributed by atoms with E-state index in [0.29, 0.717) is 10.9 Å². The molecule has 0 amide bonds. The van der Waals surface area contributed by atoms with Crippen LogP contribution in [-0.4, -0.2) is 21.0 Å². The van der Waals surface area contributed by atoms with E-state index in [0.717, 1.165) is 12.0 Å². The molecule has 2 atom stereocenters. The lowest BCUT2D eigenvalue weighted by Crippen LogP contribution is -2.26. The van der Waals surface area contributed by atoms with Crippen LogP contribution in [-0.2, 0) is 0 Å². The smallest absolute Gasteiger partial charge is 0.251 e. The van der Waals surface area contributed by atoms with E-state index in [2.05, 4.69) is 15.0 Å². The standard InChI is InChI=1S/C14H18N4OS/c1-3-11(15)13(10-5-4-6-16-8-10)20-14-17-9(2)7-12(19)18-14/h4-8,11,13H,3,15H2,1-2H3,(H,17,18,19). The summed E-state index contributed by atoms with van der Waals surface area (Å²) in [5, 5.41) is 0.603. The Hall–Kier alpha value is -1.66. The molecule has 0 radical (unpaired) electrons. The summed E-state index contributed by atoms with van der Waals surface area (Å²) in [6, 6.07) is 5.32. The molecule has 5 nitrogen and oxygen atoms in total. The Kier molecular flexibility index (Phi) is 4.92. The van der Waals surface area contributed by atoms with Gasteiger partial charge in [0.2, 0.25) is 0 Å². The maximum Gasteiger partial charge on any atom is 0.251 e. The molecule has 2 aromatic rings. The van der Waals surface area contributed by atoms with Gasteiger partial charge in [-0.05, 0) is 25.0 Å². The fourth-order valence-corrected chi connectivity index (χ4v) is 3.13. The van der Waals surface area contributed by atoms with Gasteiger partial charge in [-0.25, -0.2) is 4.98 Å². The van der Waals surface area contributed by atoms with Gasteiger partial charge in [0.05, 0.1) is 5.25 Å². The molecular weight excluding hydrogens is 272 g/mol. The summed E-state index contributed by atoms with van der Waals surface area (Å²) in [5.74, 6) is 0. The van der Waals surface area contributed by atoms with E-state index in [1.165, 1.54) is 17.8 Å². The SMILES string of the molecule is CCC(N)C(Sc1nc(C)cc(=O)[nH]1)c1cccnc1. The van der Waals surface area contributed by atoms with Gasteiger partial charge >= 0.3 is 0 Å². The number of H-pyrrole nitrogens is 1. The molecule has 2 unspecified atom stereocenters. The molecule has 2 aromatic heterocycles. The summed E-state index contributed by atoms with van der Waals surface area (Å²) < 4.78 is 0. The minimum atomic E-state index is -0.144. The molecule has 0 fully saturated rings. The molecule has 0 aliphatic heterocycles. The molecule has 106 valence electrons. The van der Waals surface area contributed by atoms with Crippen LogP contribution in [0, 0.1) is 6.92 Å². The summed E-state index contributed by atoms with van der Waals surface area (Å²) in [6.07, 6.45) is 4.37. The van der Waals surface area contributed by atoms with E-state index in [1.807, 2.05) is 19.1 Å². The fourth-order valence-electron chi connectivity index (χ4n) is 1.89. The van der Waals surface area contributed by atoms with E-state index >= 15 is 0 Å². The van der Waals surface area contributed by atoms with E-state index < -0.39 is 0 Å². The van der Waals surface area contributed by atoms with Gasteiger partial charge in [-0.3, -0.25) is 9.78 Å². The highest BCUT2D eigenvalue weighted by Crippen LogP contribution is 2.35. The second kappa shape index (κ2) is 6.67. The van der Waals surface area contributed by atoms with Crippen molar-refractivity contribution in [3.63, 3.8) is 0 Å². The number of rotatable bonds is 5. The molecule has 0 aliphatic carbocycles. The first kappa shape index (κ1) is 14.7. The molecule has 2 rings (SSSR count). The number of aromatic nitrogens is 3. The van der Waals surface area contributed by atoms with E-state index in [-0.39, 0.29) is 16.9 Å². The molecule has 0 spiro atoms.